The van der Waals surface area contributed by atoms with Crippen molar-refractivity contribution in [3.05, 3.63) is 0 Å². The molecule has 0 radical (unpaired) electrons. The molecular formula is C15H26O. The molecule has 1 nitrogen and oxygen atoms in total. The molecule has 0 aromatic rings. The van der Waals surface area contributed by atoms with Crippen LogP contribution in [0.3, 0.4) is 0 Å². The zero-order chi connectivity index (χ0) is 11.8. The largest absolute Gasteiger partial charge is 0.396 e. The maximum Gasteiger partial charge on any atom is 0.0487 e. The summed E-state index contributed by atoms with van der Waals surface area (Å²) in [7, 11) is 0. The Morgan fingerprint density at radius 2 is 1.75 bits per heavy atom. The Balaban J connectivity index is 1.66. The fourth-order valence-electron chi connectivity index (χ4n) is 4.49. The van der Waals surface area contributed by atoms with Crippen LogP contribution in [0.15, 0.2) is 0 Å². The van der Waals surface area contributed by atoms with E-state index in [1.54, 1.807) is 0 Å². The van der Waals surface area contributed by atoms with Crippen molar-refractivity contribution in [3.63, 3.8) is 0 Å². The van der Waals surface area contributed by atoms with Crippen molar-refractivity contribution in [3.8, 4) is 0 Å². The quantitative estimate of drug-likeness (QED) is 0.775. The predicted octanol–water partition coefficient (Wildman–Crippen LogP) is 3.47. The van der Waals surface area contributed by atoms with Crippen LogP contribution in [0.25, 0.3) is 0 Å². The molecule has 0 bridgehead atoms. The number of aliphatic hydroxyl groups excluding tert-OH is 1. The van der Waals surface area contributed by atoms with E-state index in [2.05, 4.69) is 27.7 Å². The van der Waals surface area contributed by atoms with Crippen LogP contribution >= 0.6 is 0 Å². The van der Waals surface area contributed by atoms with Crippen molar-refractivity contribution in [1.82, 2.24) is 0 Å². The van der Waals surface area contributed by atoms with Crippen molar-refractivity contribution < 1.29 is 5.11 Å². The first-order valence-corrected chi connectivity index (χ1v) is 6.94. The summed E-state index contributed by atoms with van der Waals surface area (Å²) >= 11 is 0. The Bertz CT molecular complexity index is 321. The number of fused-ring (bicyclic) bond motifs is 1. The van der Waals surface area contributed by atoms with Gasteiger partial charge in [-0.15, -0.1) is 0 Å². The minimum atomic E-state index is 0.282. The highest BCUT2D eigenvalue weighted by molar-refractivity contribution is 5.16. The van der Waals surface area contributed by atoms with E-state index in [1.807, 2.05) is 0 Å². The predicted molar refractivity (Wildman–Crippen MR) is 66.0 cm³/mol. The molecule has 0 aliphatic heterocycles. The van der Waals surface area contributed by atoms with Gasteiger partial charge in [-0.25, -0.2) is 0 Å². The van der Waals surface area contributed by atoms with Gasteiger partial charge in [0.2, 0.25) is 0 Å². The average Bonchev–Trinajstić information content (AvgIpc) is 3.03. The molecule has 0 spiro atoms. The van der Waals surface area contributed by atoms with Crippen LogP contribution in [0.4, 0.5) is 0 Å². The second kappa shape index (κ2) is 2.85. The fourth-order valence-corrected chi connectivity index (χ4v) is 4.49. The van der Waals surface area contributed by atoms with E-state index in [1.165, 1.54) is 25.7 Å². The minimum absolute atomic E-state index is 0.282. The topological polar surface area (TPSA) is 20.2 Å². The van der Waals surface area contributed by atoms with Gasteiger partial charge in [0.15, 0.2) is 0 Å². The SMILES string of the molecule is CC1(CO)CC1C[C@H]1C[C@@H]2C[C@]2(C)C1(C)C. The van der Waals surface area contributed by atoms with Gasteiger partial charge in [0.1, 0.15) is 0 Å². The molecule has 2 unspecified atom stereocenters. The molecule has 0 amide bonds. The first kappa shape index (κ1) is 11.1. The number of hydrogen-bond donors (Lipinski definition) is 1. The normalized spacial score (nSPS) is 57.2. The molecule has 1 N–H and O–H groups in total. The first-order chi connectivity index (χ1) is 7.33. The summed E-state index contributed by atoms with van der Waals surface area (Å²) in [6, 6.07) is 0. The van der Waals surface area contributed by atoms with Crippen molar-refractivity contribution >= 4 is 0 Å². The van der Waals surface area contributed by atoms with Crippen LogP contribution in [0, 0.1) is 34.0 Å². The second-order valence-corrected chi connectivity index (χ2v) is 7.92. The standard InChI is InChI=1S/C15H26O/c1-13(2)10(6-12-8-15(12,13)4)5-11-7-14(11,3)9-16/h10-12,16H,5-9H2,1-4H3/t10-,11?,12+,14?,15-/m0/s1. The summed E-state index contributed by atoms with van der Waals surface area (Å²) in [5, 5.41) is 9.35. The van der Waals surface area contributed by atoms with Crippen LogP contribution in [0.2, 0.25) is 0 Å². The molecule has 16 heavy (non-hydrogen) atoms. The van der Waals surface area contributed by atoms with E-state index in [0.29, 0.717) is 17.4 Å². The number of aliphatic hydroxyl groups is 1. The zero-order valence-electron chi connectivity index (χ0n) is 11.2. The lowest BCUT2D eigenvalue weighted by Crippen LogP contribution is -2.28. The molecule has 92 valence electrons. The highest BCUT2D eigenvalue weighted by Crippen LogP contribution is 2.75. The van der Waals surface area contributed by atoms with E-state index in [4.69, 9.17) is 0 Å². The molecule has 0 saturated heterocycles. The monoisotopic (exact) mass is 222 g/mol. The first-order valence-electron chi connectivity index (χ1n) is 6.94. The molecular weight excluding hydrogens is 196 g/mol. The molecule has 1 heteroatoms. The molecule has 3 fully saturated rings. The van der Waals surface area contributed by atoms with E-state index >= 15 is 0 Å². The lowest BCUT2D eigenvalue weighted by Gasteiger charge is -2.36. The maximum atomic E-state index is 9.35. The molecule has 3 aliphatic rings. The maximum absolute atomic E-state index is 9.35. The minimum Gasteiger partial charge on any atom is -0.396 e. The van der Waals surface area contributed by atoms with Crippen LogP contribution in [0.5, 0.6) is 0 Å². The van der Waals surface area contributed by atoms with Gasteiger partial charge < -0.3 is 5.11 Å². The summed E-state index contributed by atoms with van der Waals surface area (Å²) < 4.78 is 0. The van der Waals surface area contributed by atoms with Crippen LogP contribution in [-0.2, 0) is 0 Å². The molecule has 3 rings (SSSR count). The molecule has 5 atom stereocenters. The van der Waals surface area contributed by atoms with Gasteiger partial charge in [-0.05, 0) is 59.7 Å². The molecule has 0 heterocycles. The third kappa shape index (κ3) is 1.21. The van der Waals surface area contributed by atoms with Crippen LogP contribution in [-0.4, -0.2) is 11.7 Å². The van der Waals surface area contributed by atoms with E-state index < -0.39 is 0 Å². The summed E-state index contributed by atoms with van der Waals surface area (Å²) in [6.45, 7) is 10.1. The van der Waals surface area contributed by atoms with Gasteiger partial charge in [0.05, 0.1) is 0 Å². The number of hydrogen-bond acceptors (Lipinski definition) is 1. The van der Waals surface area contributed by atoms with E-state index in [-0.39, 0.29) is 5.41 Å². The lowest BCUT2D eigenvalue weighted by molar-refractivity contribution is 0.126. The van der Waals surface area contributed by atoms with Crippen molar-refractivity contribution in [2.75, 3.05) is 6.61 Å². The third-order valence-corrected chi connectivity index (χ3v) is 6.94. The summed E-state index contributed by atoms with van der Waals surface area (Å²) in [4.78, 5) is 0. The van der Waals surface area contributed by atoms with Gasteiger partial charge >= 0.3 is 0 Å². The Morgan fingerprint density at radius 3 is 2.19 bits per heavy atom. The Labute approximate surface area is 99.6 Å². The van der Waals surface area contributed by atoms with Gasteiger partial charge in [-0.2, -0.15) is 0 Å². The van der Waals surface area contributed by atoms with Gasteiger partial charge in [0.25, 0.3) is 0 Å². The molecule has 0 aromatic carbocycles. The second-order valence-electron chi connectivity index (χ2n) is 7.92. The van der Waals surface area contributed by atoms with Gasteiger partial charge in [-0.1, -0.05) is 27.7 Å². The third-order valence-electron chi connectivity index (χ3n) is 6.94. The smallest absolute Gasteiger partial charge is 0.0487 e. The Hall–Kier alpha value is -0.0400. The van der Waals surface area contributed by atoms with Gasteiger partial charge in [0, 0.05) is 6.61 Å². The molecule has 3 saturated carbocycles. The van der Waals surface area contributed by atoms with Crippen molar-refractivity contribution in [2.24, 2.45) is 34.0 Å². The van der Waals surface area contributed by atoms with E-state index in [9.17, 15) is 5.11 Å². The van der Waals surface area contributed by atoms with Crippen molar-refractivity contribution in [1.29, 1.82) is 0 Å². The lowest BCUT2D eigenvalue weighted by atomic mass is 9.69. The average molecular weight is 222 g/mol. The van der Waals surface area contributed by atoms with Gasteiger partial charge in [-0.3, -0.25) is 0 Å². The zero-order valence-corrected chi connectivity index (χ0v) is 11.2. The summed E-state index contributed by atoms with van der Waals surface area (Å²) in [6.07, 6.45) is 5.56. The van der Waals surface area contributed by atoms with Crippen LogP contribution < -0.4 is 0 Å². The van der Waals surface area contributed by atoms with E-state index in [0.717, 1.165) is 17.8 Å². The highest BCUT2D eigenvalue weighted by Gasteiger charge is 2.68. The summed E-state index contributed by atoms with van der Waals surface area (Å²) in [5.41, 5.74) is 1.47. The number of rotatable bonds is 3. The molecule has 0 aromatic heterocycles. The summed E-state index contributed by atoms with van der Waals surface area (Å²) in [5.74, 6) is 2.74. The fraction of sp³-hybridized carbons (Fsp3) is 1.00. The van der Waals surface area contributed by atoms with Crippen LogP contribution in [0.1, 0.15) is 53.4 Å². The Morgan fingerprint density at radius 1 is 1.06 bits per heavy atom. The highest BCUT2D eigenvalue weighted by atomic mass is 16.3. The molecule has 3 aliphatic carbocycles. The Kier molecular flexibility index (Phi) is 1.98. The van der Waals surface area contributed by atoms with Crippen molar-refractivity contribution in [2.45, 2.75) is 53.4 Å².